The second-order valence-electron chi connectivity index (χ2n) is 7.09. The Kier molecular flexibility index (Phi) is 4.53. The van der Waals surface area contributed by atoms with Gasteiger partial charge in [-0.2, -0.15) is 0 Å². The van der Waals surface area contributed by atoms with Crippen molar-refractivity contribution in [2.24, 2.45) is 0 Å². The number of amides is 1. The van der Waals surface area contributed by atoms with Crippen molar-refractivity contribution in [2.45, 2.75) is 31.6 Å². The normalized spacial score (nSPS) is 19.6. The summed E-state index contributed by atoms with van der Waals surface area (Å²) >= 11 is 0. The summed E-state index contributed by atoms with van der Waals surface area (Å²) in [6.07, 6.45) is 1.40. The monoisotopic (exact) mass is 355 g/mol. The van der Waals surface area contributed by atoms with Gasteiger partial charge in [-0.1, -0.05) is 25.1 Å². The molecule has 0 bridgehead atoms. The first kappa shape index (κ1) is 16.9. The van der Waals surface area contributed by atoms with Crippen molar-refractivity contribution in [3.8, 4) is 11.5 Å². The van der Waals surface area contributed by atoms with E-state index >= 15 is 0 Å². The van der Waals surface area contributed by atoms with Crippen LogP contribution in [0.15, 0.2) is 42.5 Å². The lowest BCUT2D eigenvalue weighted by molar-refractivity contribution is -0.130. The molecule has 2 atom stereocenters. The molecule has 0 aromatic heterocycles. The fourth-order valence-corrected chi connectivity index (χ4v) is 3.73. The lowest BCUT2D eigenvalue weighted by Crippen LogP contribution is -2.29. The smallest absolute Gasteiger partial charge is 0.231 e. The fourth-order valence-electron chi connectivity index (χ4n) is 3.73. The van der Waals surface area contributed by atoms with E-state index in [0.29, 0.717) is 12.3 Å². The van der Waals surface area contributed by atoms with Crippen LogP contribution in [-0.2, 0) is 4.79 Å². The Morgan fingerprint density at radius 3 is 2.77 bits per heavy atom. The summed E-state index contributed by atoms with van der Waals surface area (Å²) in [5.74, 6) is 1.88. The molecule has 2 heterocycles. The van der Waals surface area contributed by atoms with E-state index in [-0.39, 0.29) is 24.4 Å². The molecule has 5 heteroatoms. The van der Waals surface area contributed by atoms with Crippen molar-refractivity contribution in [3.63, 3.8) is 0 Å². The predicted octanol–water partition coefficient (Wildman–Crippen LogP) is 4.06. The molecule has 1 fully saturated rings. The van der Waals surface area contributed by atoms with Crippen molar-refractivity contribution in [1.82, 2.24) is 4.90 Å². The van der Waals surface area contributed by atoms with E-state index < -0.39 is 0 Å². The molecular weight excluding hydrogens is 333 g/mol. The van der Waals surface area contributed by atoms with Gasteiger partial charge in [0.15, 0.2) is 11.5 Å². The van der Waals surface area contributed by atoms with Crippen LogP contribution in [0.5, 0.6) is 11.5 Å². The summed E-state index contributed by atoms with van der Waals surface area (Å²) < 4.78 is 23.9. The van der Waals surface area contributed by atoms with Crippen LogP contribution < -0.4 is 9.47 Å². The third-order valence-electron chi connectivity index (χ3n) is 5.33. The molecule has 0 saturated carbocycles. The van der Waals surface area contributed by atoms with E-state index in [1.165, 1.54) is 17.7 Å². The Labute approximate surface area is 152 Å². The molecule has 26 heavy (non-hydrogen) atoms. The number of benzene rings is 2. The Hall–Kier alpha value is -2.56. The maximum atomic E-state index is 13.1. The topological polar surface area (TPSA) is 38.8 Å². The maximum absolute atomic E-state index is 13.1. The molecule has 2 aromatic carbocycles. The van der Waals surface area contributed by atoms with Crippen molar-refractivity contribution in [1.29, 1.82) is 0 Å². The lowest BCUT2D eigenvalue weighted by atomic mass is 9.97. The number of ether oxygens (including phenoxy) is 2. The summed E-state index contributed by atoms with van der Waals surface area (Å²) in [6, 6.07) is 12.4. The molecule has 2 aromatic rings. The number of halogens is 1. The standard InChI is InChI=1S/C21H22FNO3/c1-14(15-2-5-18(22)6-3-15)10-21(24)23-9-8-17(12-23)16-4-7-19-20(11-16)26-13-25-19/h2-7,11,14,17H,8-10,12-13H2,1H3. The van der Waals surface area contributed by atoms with Crippen molar-refractivity contribution >= 4 is 5.91 Å². The molecular formula is C21H22FNO3. The molecule has 2 aliphatic rings. The molecule has 4 nitrogen and oxygen atoms in total. The van der Waals surface area contributed by atoms with Gasteiger partial charge >= 0.3 is 0 Å². The molecule has 1 amide bonds. The molecule has 4 rings (SSSR count). The van der Waals surface area contributed by atoms with E-state index in [0.717, 1.165) is 36.6 Å². The van der Waals surface area contributed by atoms with Crippen LogP contribution in [0.3, 0.4) is 0 Å². The molecule has 0 radical (unpaired) electrons. The van der Waals surface area contributed by atoms with Crippen LogP contribution in [0, 0.1) is 5.82 Å². The lowest BCUT2D eigenvalue weighted by Gasteiger charge is -2.19. The van der Waals surface area contributed by atoms with Crippen LogP contribution in [0.4, 0.5) is 4.39 Å². The van der Waals surface area contributed by atoms with E-state index in [1.807, 2.05) is 24.0 Å². The Morgan fingerprint density at radius 1 is 1.19 bits per heavy atom. The quantitative estimate of drug-likeness (QED) is 0.830. The van der Waals surface area contributed by atoms with Crippen LogP contribution in [0.2, 0.25) is 0 Å². The highest BCUT2D eigenvalue weighted by Crippen LogP contribution is 2.37. The van der Waals surface area contributed by atoms with Crippen LogP contribution in [0.25, 0.3) is 0 Å². The van der Waals surface area contributed by atoms with E-state index in [2.05, 4.69) is 6.07 Å². The number of rotatable bonds is 4. The minimum absolute atomic E-state index is 0.0766. The molecule has 136 valence electrons. The second kappa shape index (κ2) is 6.98. The van der Waals surface area contributed by atoms with E-state index in [9.17, 15) is 9.18 Å². The Morgan fingerprint density at radius 2 is 1.96 bits per heavy atom. The van der Waals surface area contributed by atoms with Crippen molar-refractivity contribution in [3.05, 3.63) is 59.4 Å². The molecule has 2 unspecified atom stereocenters. The first-order chi connectivity index (χ1) is 12.6. The van der Waals surface area contributed by atoms with Crippen LogP contribution in [-0.4, -0.2) is 30.7 Å². The third kappa shape index (κ3) is 3.39. The van der Waals surface area contributed by atoms with Gasteiger partial charge in [-0.3, -0.25) is 4.79 Å². The maximum Gasteiger partial charge on any atom is 0.231 e. The summed E-state index contributed by atoms with van der Waals surface area (Å²) in [7, 11) is 0. The Balaban J connectivity index is 1.37. The van der Waals surface area contributed by atoms with Gasteiger partial charge in [-0.15, -0.1) is 0 Å². The van der Waals surface area contributed by atoms with Gasteiger partial charge in [0.2, 0.25) is 12.7 Å². The molecule has 1 saturated heterocycles. The summed E-state index contributed by atoms with van der Waals surface area (Å²) in [5, 5.41) is 0. The van der Waals surface area contributed by atoms with Gasteiger partial charge in [0, 0.05) is 25.4 Å². The molecule has 0 spiro atoms. The first-order valence-electron chi connectivity index (χ1n) is 9.03. The number of nitrogens with zero attached hydrogens (tertiary/aromatic N) is 1. The van der Waals surface area contributed by atoms with E-state index in [1.54, 1.807) is 12.1 Å². The predicted molar refractivity (Wildman–Crippen MR) is 95.9 cm³/mol. The van der Waals surface area contributed by atoms with Crippen molar-refractivity contribution in [2.75, 3.05) is 19.9 Å². The molecule has 0 N–H and O–H groups in total. The average molecular weight is 355 g/mol. The zero-order valence-corrected chi connectivity index (χ0v) is 14.8. The van der Waals surface area contributed by atoms with Crippen LogP contribution >= 0.6 is 0 Å². The SMILES string of the molecule is CC(CC(=O)N1CCC(c2ccc3c(c2)OCO3)C1)c1ccc(F)cc1. The average Bonchev–Trinajstić information content (AvgIpc) is 3.31. The minimum atomic E-state index is -0.251. The summed E-state index contributed by atoms with van der Waals surface area (Å²) in [4.78, 5) is 14.6. The highest BCUT2D eigenvalue weighted by Gasteiger charge is 2.29. The van der Waals surface area contributed by atoms with Gasteiger partial charge in [-0.05, 0) is 47.7 Å². The second-order valence-corrected chi connectivity index (χ2v) is 7.09. The van der Waals surface area contributed by atoms with Crippen LogP contribution in [0.1, 0.15) is 42.7 Å². The summed E-state index contributed by atoms with van der Waals surface area (Å²) in [5.41, 5.74) is 2.18. The zero-order valence-electron chi connectivity index (χ0n) is 14.8. The third-order valence-corrected chi connectivity index (χ3v) is 5.33. The van der Waals surface area contributed by atoms with Gasteiger partial charge in [0.1, 0.15) is 5.82 Å². The number of fused-ring (bicyclic) bond motifs is 1. The number of carbonyl (C=O) groups is 1. The van der Waals surface area contributed by atoms with E-state index in [4.69, 9.17) is 9.47 Å². The fraction of sp³-hybridized carbons (Fsp3) is 0.381. The number of hydrogen-bond donors (Lipinski definition) is 0. The number of carbonyl (C=O) groups excluding carboxylic acids is 1. The molecule has 0 aliphatic carbocycles. The van der Waals surface area contributed by atoms with Gasteiger partial charge in [0.05, 0.1) is 0 Å². The number of likely N-dealkylation sites (tertiary alicyclic amines) is 1. The highest BCUT2D eigenvalue weighted by molar-refractivity contribution is 5.77. The number of hydrogen-bond acceptors (Lipinski definition) is 3. The van der Waals surface area contributed by atoms with Gasteiger partial charge < -0.3 is 14.4 Å². The Bertz CT molecular complexity index is 805. The van der Waals surface area contributed by atoms with Gasteiger partial charge in [-0.25, -0.2) is 4.39 Å². The van der Waals surface area contributed by atoms with Gasteiger partial charge in [0.25, 0.3) is 0 Å². The minimum Gasteiger partial charge on any atom is -0.454 e. The van der Waals surface area contributed by atoms with Crippen molar-refractivity contribution < 1.29 is 18.7 Å². The first-order valence-corrected chi connectivity index (χ1v) is 9.03. The summed E-state index contributed by atoms with van der Waals surface area (Å²) in [6.45, 7) is 3.79. The largest absolute Gasteiger partial charge is 0.454 e. The highest BCUT2D eigenvalue weighted by atomic mass is 19.1. The zero-order chi connectivity index (χ0) is 18.1. The molecule has 2 aliphatic heterocycles.